The molecule has 0 saturated heterocycles. The van der Waals surface area contributed by atoms with Crippen LogP contribution in [0.1, 0.15) is 0 Å². The molecule has 0 aliphatic rings. The lowest BCUT2D eigenvalue weighted by Gasteiger charge is -2.06. The molecule has 0 aromatic heterocycles. The molecule has 64 valence electrons. The number of anilines is 1. The van der Waals surface area contributed by atoms with Gasteiger partial charge in [0.1, 0.15) is 11.5 Å². The molecule has 0 aliphatic carbocycles. The highest BCUT2D eigenvalue weighted by Gasteiger charge is 2.09. The second-order valence-corrected chi connectivity index (χ2v) is 1.97. The summed E-state index contributed by atoms with van der Waals surface area (Å²) in [5, 5.41) is 10.4. The normalized spacial score (nSPS) is 9.58. The molecule has 1 rings (SSSR count). The van der Waals surface area contributed by atoms with Gasteiger partial charge in [-0.15, -0.1) is 10.1 Å². The lowest BCUT2D eigenvalue weighted by atomic mass is 10.3. The quantitative estimate of drug-likeness (QED) is 0.549. The van der Waals surface area contributed by atoms with Crippen LogP contribution in [0.15, 0.2) is 23.5 Å². The first-order chi connectivity index (χ1) is 5.65. The van der Waals surface area contributed by atoms with E-state index in [0.29, 0.717) is 6.07 Å². The largest absolute Gasteiger partial charge is 0.265 e. The average molecular weight is 174 g/mol. The fraction of sp³-hybridized carbons (Fsp3) is 0. The Balaban J connectivity index is 3.09. The molecule has 4 nitrogen and oxygen atoms in total. The van der Waals surface area contributed by atoms with Crippen LogP contribution in [-0.4, -0.2) is 5.21 Å². The van der Waals surface area contributed by atoms with Crippen LogP contribution >= 0.6 is 0 Å². The molecule has 12 heavy (non-hydrogen) atoms. The van der Waals surface area contributed by atoms with Crippen LogP contribution in [0.5, 0.6) is 0 Å². The SMILES string of the molecule is O=NN(O)c1ccc(F)cc1F. The molecule has 0 bridgehead atoms. The van der Waals surface area contributed by atoms with E-state index >= 15 is 0 Å². The van der Waals surface area contributed by atoms with Crippen molar-refractivity contribution >= 4 is 5.69 Å². The Morgan fingerprint density at radius 2 is 2.08 bits per heavy atom. The van der Waals surface area contributed by atoms with E-state index < -0.39 is 17.3 Å². The topological polar surface area (TPSA) is 52.9 Å². The maximum absolute atomic E-state index is 12.6. The average Bonchev–Trinajstić information content (AvgIpc) is 2.03. The number of nitrogens with zero attached hydrogens (tertiary/aromatic N) is 2. The van der Waals surface area contributed by atoms with Crippen LogP contribution in [0.4, 0.5) is 14.5 Å². The standard InChI is InChI=1S/C6H4F2N2O2/c7-4-1-2-6(5(8)3-4)10(12)9-11/h1-3,12H. The fourth-order valence-electron chi connectivity index (χ4n) is 0.687. The van der Waals surface area contributed by atoms with E-state index in [-0.39, 0.29) is 5.17 Å². The van der Waals surface area contributed by atoms with Crippen molar-refractivity contribution in [2.24, 2.45) is 5.29 Å². The Morgan fingerprint density at radius 3 is 2.58 bits per heavy atom. The summed E-state index contributed by atoms with van der Waals surface area (Å²) in [7, 11) is 0. The Kier molecular flexibility index (Phi) is 2.29. The number of rotatable bonds is 2. The molecule has 0 amide bonds. The third kappa shape index (κ3) is 1.54. The van der Waals surface area contributed by atoms with Crippen molar-refractivity contribution in [1.29, 1.82) is 0 Å². The number of hydrogen-bond acceptors (Lipinski definition) is 3. The van der Waals surface area contributed by atoms with Gasteiger partial charge in [0.2, 0.25) is 0 Å². The molecule has 0 aliphatic heterocycles. The predicted molar refractivity (Wildman–Crippen MR) is 36.4 cm³/mol. The molecule has 0 spiro atoms. The Hall–Kier alpha value is -1.56. The maximum Gasteiger partial charge on any atom is 0.154 e. The van der Waals surface area contributed by atoms with Crippen LogP contribution in [0.25, 0.3) is 0 Å². The van der Waals surface area contributed by atoms with Crippen molar-refractivity contribution in [3.05, 3.63) is 34.7 Å². The second kappa shape index (κ2) is 3.22. The van der Waals surface area contributed by atoms with E-state index in [9.17, 15) is 13.7 Å². The van der Waals surface area contributed by atoms with E-state index in [2.05, 4.69) is 0 Å². The molecule has 0 radical (unpaired) electrons. The van der Waals surface area contributed by atoms with Gasteiger partial charge < -0.3 is 0 Å². The monoisotopic (exact) mass is 174 g/mol. The van der Waals surface area contributed by atoms with Gasteiger partial charge in [0, 0.05) is 6.07 Å². The molecule has 0 unspecified atom stereocenters. The second-order valence-electron chi connectivity index (χ2n) is 1.97. The molecule has 1 aromatic carbocycles. The molecular formula is C6H4F2N2O2. The van der Waals surface area contributed by atoms with E-state index in [4.69, 9.17) is 5.21 Å². The number of halogens is 2. The van der Waals surface area contributed by atoms with Gasteiger partial charge in [0.25, 0.3) is 0 Å². The number of benzene rings is 1. The Labute approximate surface area is 65.9 Å². The highest BCUT2D eigenvalue weighted by atomic mass is 19.1. The summed E-state index contributed by atoms with van der Waals surface area (Å²) in [5.41, 5.74) is -0.494. The fourth-order valence-corrected chi connectivity index (χ4v) is 0.687. The zero-order valence-corrected chi connectivity index (χ0v) is 5.74. The minimum absolute atomic E-state index is 0.214. The molecule has 1 N–H and O–H groups in total. The molecule has 1 aromatic rings. The summed E-state index contributed by atoms with van der Waals surface area (Å²) in [6.07, 6.45) is 0. The molecule has 6 heteroatoms. The first-order valence-electron chi connectivity index (χ1n) is 2.92. The first-order valence-corrected chi connectivity index (χ1v) is 2.92. The first kappa shape index (κ1) is 8.54. The van der Waals surface area contributed by atoms with E-state index in [0.717, 1.165) is 12.1 Å². The zero-order chi connectivity index (χ0) is 9.14. The van der Waals surface area contributed by atoms with Gasteiger partial charge in [-0.2, -0.15) is 0 Å². The summed E-state index contributed by atoms with van der Waals surface area (Å²) in [4.78, 5) is 9.71. The zero-order valence-electron chi connectivity index (χ0n) is 5.74. The Morgan fingerprint density at radius 1 is 1.42 bits per heavy atom. The van der Waals surface area contributed by atoms with Crippen LogP contribution in [-0.2, 0) is 0 Å². The summed E-state index contributed by atoms with van der Waals surface area (Å²) in [6, 6.07) is 2.32. The van der Waals surface area contributed by atoms with Gasteiger partial charge in [-0.1, -0.05) is 0 Å². The molecular weight excluding hydrogens is 170 g/mol. The van der Waals surface area contributed by atoms with Gasteiger partial charge in [-0.3, -0.25) is 5.21 Å². The molecule has 0 heterocycles. The smallest absolute Gasteiger partial charge is 0.154 e. The van der Waals surface area contributed by atoms with Gasteiger partial charge in [0.05, 0.1) is 5.29 Å². The summed E-state index contributed by atoms with van der Waals surface area (Å²) < 4.78 is 24.9. The van der Waals surface area contributed by atoms with Crippen molar-refractivity contribution < 1.29 is 14.0 Å². The maximum atomic E-state index is 12.6. The van der Waals surface area contributed by atoms with Crippen LogP contribution in [0.3, 0.4) is 0 Å². The lowest BCUT2D eigenvalue weighted by molar-refractivity contribution is 0.254. The van der Waals surface area contributed by atoms with E-state index in [1.165, 1.54) is 0 Å². The Bertz CT molecular complexity index is 306. The van der Waals surface area contributed by atoms with Crippen molar-refractivity contribution in [2.75, 3.05) is 5.17 Å². The number of hydrogen-bond donors (Lipinski definition) is 1. The van der Waals surface area contributed by atoms with Crippen molar-refractivity contribution in [1.82, 2.24) is 0 Å². The van der Waals surface area contributed by atoms with Crippen LogP contribution in [0.2, 0.25) is 0 Å². The number of nitroso groups, excluding NO2 is 1. The van der Waals surface area contributed by atoms with Gasteiger partial charge >= 0.3 is 0 Å². The highest BCUT2D eigenvalue weighted by Crippen LogP contribution is 2.18. The molecule has 0 atom stereocenters. The molecule has 0 saturated carbocycles. The van der Waals surface area contributed by atoms with Gasteiger partial charge in [0.15, 0.2) is 5.82 Å². The predicted octanol–water partition coefficient (Wildman–Crippen LogP) is 1.84. The van der Waals surface area contributed by atoms with Gasteiger partial charge in [-0.05, 0) is 12.1 Å². The summed E-state index contributed by atoms with van der Waals surface area (Å²) >= 11 is 0. The highest BCUT2D eigenvalue weighted by molar-refractivity contribution is 5.43. The van der Waals surface area contributed by atoms with Gasteiger partial charge in [-0.25, -0.2) is 8.78 Å². The third-order valence-corrected chi connectivity index (χ3v) is 1.20. The third-order valence-electron chi connectivity index (χ3n) is 1.20. The van der Waals surface area contributed by atoms with Crippen molar-refractivity contribution in [2.45, 2.75) is 0 Å². The van der Waals surface area contributed by atoms with Crippen LogP contribution < -0.4 is 5.17 Å². The summed E-state index contributed by atoms with van der Waals surface area (Å²) in [5.74, 6) is -1.85. The summed E-state index contributed by atoms with van der Waals surface area (Å²) in [6.45, 7) is 0. The van der Waals surface area contributed by atoms with Crippen molar-refractivity contribution in [3.8, 4) is 0 Å². The van der Waals surface area contributed by atoms with E-state index in [1.54, 1.807) is 0 Å². The minimum Gasteiger partial charge on any atom is -0.265 e. The minimum atomic E-state index is -1.06. The van der Waals surface area contributed by atoms with E-state index in [1.807, 2.05) is 5.29 Å². The van der Waals surface area contributed by atoms with Crippen LogP contribution in [0, 0.1) is 16.5 Å². The molecule has 0 fully saturated rings. The van der Waals surface area contributed by atoms with Crippen molar-refractivity contribution in [3.63, 3.8) is 0 Å². The lowest BCUT2D eigenvalue weighted by Crippen LogP contribution is -2.09.